The Morgan fingerprint density at radius 3 is 2.52 bits per heavy atom. The van der Waals surface area contributed by atoms with Crippen molar-refractivity contribution >= 4 is 17.5 Å². The SMILES string of the molecule is CC(NC(=O)Cn1ccccc1=O)c1ccc(NC(=O)C2CC2)cc1. The Kier molecular flexibility index (Phi) is 4.97. The third-order valence-corrected chi connectivity index (χ3v) is 4.22. The van der Waals surface area contributed by atoms with Crippen LogP contribution < -0.4 is 16.2 Å². The number of amides is 2. The van der Waals surface area contributed by atoms with Crippen LogP contribution in [0.4, 0.5) is 5.69 Å². The second kappa shape index (κ2) is 7.34. The third kappa shape index (κ3) is 4.56. The molecule has 0 bridgehead atoms. The first-order valence-corrected chi connectivity index (χ1v) is 8.38. The number of carbonyl (C=O) groups is 2. The number of carbonyl (C=O) groups excluding carboxylic acids is 2. The van der Waals surface area contributed by atoms with Gasteiger partial charge in [-0.25, -0.2) is 0 Å². The number of hydrogen-bond donors (Lipinski definition) is 2. The van der Waals surface area contributed by atoms with Crippen molar-refractivity contribution in [2.75, 3.05) is 5.32 Å². The number of anilines is 1. The monoisotopic (exact) mass is 339 g/mol. The predicted octanol–water partition coefficient (Wildman–Crippen LogP) is 2.07. The lowest BCUT2D eigenvalue weighted by Crippen LogP contribution is -2.33. The maximum atomic E-state index is 12.1. The van der Waals surface area contributed by atoms with Crippen LogP contribution in [0.3, 0.4) is 0 Å². The van der Waals surface area contributed by atoms with Gasteiger partial charge in [-0.3, -0.25) is 14.4 Å². The molecule has 1 fully saturated rings. The van der Waals surface area contributed by atoms with Crippen molar-refractivity contribution in [1.29, 1.82) is 0 Å². The topological polar surface area (TPSA) is 80.2 Å². The molecule has 1 saturated carbocycles. The highest BCUT2D eigenvalue weighted by Crippen LogP contribution is 2.30. The van der Waals surface area contributed by atoms with Crippen LogP contribution in [0.1, 0.15) is 31.4 Å². The Balaban J connectivity index is 1.56. The van der Waals surface area contributed by atoms with Crippen molar-refractivity contribution < 1.29 is 9.59 Å². The van der Waals surface area contributed by atoms with Crippen molar-refractivity contribution in [3.05, 3.63) is 64.6 Å². The number of hydrogen-bond acceptors (Lipinski definition) is 3. The Morgan fingerprint density at radius 2 is 1.88 bits per heavy atom. The van der Waals surface area contributed by atoms with Crippen LogP contribution in [0.5, 0.6) is 0 Å². The lowest BCUT2D eigenvalue weighted by Gasteiger charge is -2.15. The molecular weight excluding hydrogens is 318 g/mol. The lowest BCUT2D eigenvalue weighted by molar-refractivity contribution is -0.122. The molecule has 0 saturated heterocycles. The van der Waals surface area contributed by atoms with E-state index in [2.05, 4.69) is 10.6 Å². The summed E-state index contributed by atoms with van der Waals surface area (Å²) in [6.45, 7) is 1.86. The molecule has 1 unspecified atom stereocenters. The summed E-state index contributed by atoms with van der Waals surface area (Å²) in [5.74, 6) is 0.00796. The molecule has 0 spiro atoms. The van der Waals surface area contributed by atoms with E-state index in [1.54, 1.807) is 18.3 Å². The van der Waals surface area contributed by atoms with Crippen LogP contribution in [0, 0.1) is 5.92 Å². The van der Waals surface area contributed by atoms with E-state index >= 15 is 0 Å². The lowest BCUT2D eigenvalue weighted by atomic mass is 10.1. The molecule has 6 heteroatoms. The first-order valence-electron chi connectivity index (χ1n) is 8.38. The average molecular weight is 339 g/mol. The number of rotatable bonds is 6. The van der Waals surface area contributed by atoms with Crippen molar-refractivity contribution in [2.45, 2.75) is 32.4 Å². The Bertz CT molecular complexity index is 822. The normalized spacial score (nSPS) is 14.6. The molecule has 0 aliphatic heterocycles. The van der Waals surface area contributed by atoms with E-state index in [9.17, 15) is 14.4 Å². The van der Waals surface area contributed by atoms with Gasteiger partial charge in [-0.15, -0.1) is 0 Å². The molecule has 3 rings (SSSR count). The summed E-state index contributed by atoms with van der Waals surface area (Å²) >= 11 is 0. The maximum absolute atomic E-state index is 12.1. The van der Waals surface area contributed by atoms with Gasteiger partial charge in [-0.05, 0) is 43.5 Å². The molecule has 1 aromatic carbocycles. The summed E-state index contributed by atoms with van der Waals surface area (Å²) in [4.78, 5) is 35.5. The number of nitrogens with one attached hydrogen (secondary N) is 2. The molecule has 1 heterocycles. The summed E-state index contributed by atoms with van der Waals surface area (Å²) in [5.41, 5.74) is 1.48. The average Bonchev–Trinajstić information content (AvgIpc) is 3.42. The van der Waals surface area contributed by atoms with Crippen LogP contribution >= 0.6 is 0 Å². The molecule has 0 radical (unpaired) electrons. The van der Waals surface area contributed by atoms with E-state index in [0.29, 0.717) is 0 Å². The molecule has 2 amide bonds. The van der Waals surface area contributed by atoms with E-state index in [-0.39, 0.29) is 35.9 Å². The Morgan fingerprint density at radius 1 is 1.16 bits per heavy atom. The van der Waals surface area contributed by atoms with E-state index in [4.69, 9.17) is 0 Å². The van der Waals surface area contributed by atoms with E-state index in [0.717, 1.165) is 24.1 Å². The highest BCUT2D eigenvalue weighted by atomic mass is 16.2. The number of pyridine rings is 1. The van der Waals surface area contributed by atoms with Crippen LogP contribution in [0.2, 0.25) is 0 Å². The highest BCUT2D eigenvalue weighted by Gasteiger charge is 2.29. The largest absolute Gasteiger partial charge is 0.348 e. The van der Waals surface area contributed by atoms with Gasteiger partial charge in [0.05, 0.1) is 6.04 Å². The van der Waals surface area contributed by atoms with Crippen molar-refractivity contribution in [1.82, 2.24) is 9.88 Å². The molecule has 130 valence electrons. The molecular formula is C19H21N3O3. The first kappa shape index (κ1) is 17.0. The molecule has 1 aliphatic rings. The van der Waals surface area contributed by atoms with Gasteiger partial charge in [0.1, 0.15) is 6.54 Å². The standard InChI is InChI=1S/C19H21N3O3/c1-13(20-17(23)12-22-11-3-2-4-18(22)24)14-7-9-16(10-8-14)21-19(25)15-5-6-15/h2-4,7-11,13,15H,5-6,12H2,1H3,(H,20,23)(H,21,25). The summed E-state index contributed by atoms with van der Waals surface area (Å²) in [5, 5.41) is 5.76. The van der Waals surface area contributed by atoms with Crippen LogP contribution in [-0.4, -0.2) is 16.4 Å². The van der Waals surface area contributed by atoms with Gasteiger partial charge in [0.15, 0.2) is 0 Å². The van der Waals surface area contributed by atoms with Gasteiger partial charge in [-0.1, -0.05) is 18.2 Å². The molecule has 2 N–H and O–H groups in total. The van der Waals surface area contributed by atoms with E-state index < -0.39 is 0 Å². The van der Waals surface area contributed by atoms with Crippen LogP contribution in [-0.2, 0) is 16.1 Å². The molecule has 1 aromatic heterocycles. The molecule has 2 aromatic rings. The van der Waals surface area contributed by atoms with Gasteiger partial charge in [-0.2, -0.15) is 0 Å². The van der Waals surface area contributed by atoms with Gasteiger partial charge >= 0.3 is 0 Å². The molecule has 1 atom stereocenters. The van der Waals surface area contributed by atoms with Gasteiger partial charge in [0, 0.05) is 23.9 Å². The maximum Gasteiger partial charge on any atom is 0.250 e. The van der Waals surface area contributed by atoms with Crippen molar-refractivity contribution in [3.63, 3.8) is 0 Å². The minimum absolute atomic E-state index is 0.0143. The fourth-order valence-corrected chi connectivity index (χ4v) is 2.56. The summed E-state index contributed by atoms with van der Waals surface area (Å²) in [6, 6.07) is 12.0. The summed E-state index contributed by atoms with van der Waals surface area (Å²) in [6.07, 6.45) is 3.53. The van der Waals surface area contributed by atoms with Gasteiger partial charge < -0.3 is 15.2 Å². The minimum atomic E-state index is -0.230. The van der Waals surface area contributed by atoms with Crippen LogP contribution in [0.25, 0.3) is 0 Å². The van der Waals surface area contributed by atoms with Crippen molar-refractivity contribution in [2.24, 2.45) is 5.92 Å². The number of benzene rings is 1. The zero-order chi connectivity index (χ0) is 17.8. The third-order valence-electron chi connectivity index (χ3n) is 4.22. The molecule has 25 heavy (non-hydrogen) atoms. The Labute approximate surface area is 145 Å². The minimum Gasteiger partial charge on any atom is -0.348 e. The molecule has 6 nitrogen and oxygen atoms in total. The van der Waals surface area contributed by atoms with Crippen molar-refractivity contribution in [3.8, 4) is 0 Å². The first-order chi connectivity index (χ1) is 12.0. The van der Waals surface area contributed by atoms with E-state index in [1.165, 1.54) is 10.6 Å². The summed E-state index contributed by atoms with van der Waals surface area (Å²) < 4.78 is 1.36. The summed E-state index contributed by atoms with van der Waals surface area (Å²) in [7, 11) is 0. The molecule has 1 aliphatic carbocycles. The van der Waals surface area contributed by atoms with Gasteiger partial charge in [0.25, 0.3) is 5.56 Å². The second-order valence-corrected chi connectivity index (χ2v) is 6.34. The number of aromatic nitrogens is 1. The smallest absolute Gasteiger partial charge is 0.250 e. The predicted molar refractivity (Wildman–Crippen MR) is 95.1 cm³/mol. The van der Waals surface area contributed by atoms with Gasteiger partial charge in [0.2, 0.25) is 11.8 Å². The fraction of sp³-hybridized carbons (Fsp3) is 0.316. The number of nitrogens with zero attached hydrogens (tertiary/aromatic N) is 1. The zero-order valence-corrected chi connectivity index (χ0v) is 14.1. The van der Waals surface area contributed by atoms with Crippen LogP contribution in [0.15, 0.2) is 53.5 Å². The zero-order valence-electron chi connectivity index (χ0n) is 14.1. The quantitative estimate of drug-likeness (QED) is 0.845. The highest BCUT2D eigenvalue weighted by molar-refractivity contribution is 5.94. The Hall–Kier alpha value is -2.89. The fourth-order valence-electron chi connectivity index (χ4n) is 2.56. The second-order valence-electron chi connectivity index (χ2n) is 6.34. The van der Waals surface area contributed by atoms with E-state index in [1.807, 2.05) is 31.2 Å².